The summed E-state index contributed by atoms with van der Waals surface area (Å²) < 4.78 is 83.4. The maximum atomic E-state index is 13.6. The molecule has 24 fully saturated rings. The van der Waals surface area contributed by atoms with Crippen LogP contribution in [0, 0.1) is 296 Å². The summed E-state index contributed by atoms with van der Waals surface area (Å²) in [5.74, 6) is 8.30. The average Bonchev–Trinajstić information content (AvgIpc) is 1.54. The summed E-state index contributed by atoms with van der Waals surface area (Å²) in [6, 6.07) is 0. The van der Waals surface area contributed by atoms with Crippen LogP contribution in [0.15, 0.2) is 0 Å². The third kappa shape index (κ3) is 18.7. The van der Waals surface area contributed by atoms with Crippen LogP contribution in [0.3, 0.4) is 0 Å². The van der Waals surface area contributed by atoms with Crippen molar-refractivity contribution in [1.29, 1.82) is 0 Å². The number of amides is 1. The van der Waals surface area contributed by atoms with E-state index in [1.807, 2.05) is 55.4 Å². The molecule has 0 radical (unpaired) electrons. The second-order valence-electron chi connectivity index (χ2n) is 54.0. The maximum Gasteiger partial charge on any atom is 0.379 e. The fourth-order valence-electron chi connectivity index (χ4n) is 40.4. The molecule has 54 unspecified atom stereocenters. The molecule has 834 valence electrons. The van der Waals surface area contributed by atoms with Gasteiger partial charge < -0.3 is 71.4 Å². The lowest BCUT2D eigenvalue weighted by atomic mass is 9.59. The van der Waals surface area contributed by atoms with Crippen molar-refractivity contribution in [2.75, 3.05) is 47.1 Å². The van der Waals surface area contributed by atoms with Gasteiger partial charge in [-0.15, -0.1) is 4.33 Å². The molecule has 0 aromatic carbocycles. The lowest BCUT2D eigenvalue weighted by molar-refractivity contribution is -0.238. The van der Waals surface area contributed by atoms with Gasteiger partial charge in [0.25, 0.3) is 5.78 Å². The molecular formula is C117H169NO31S. The third-order valence-corrected chi connectivity index (χ3v) is 46.3. The van der Waals surface area contributed by atoms with Crippen LogP contribution in [0.1, 0.15) is 255 Å². The fraction of sp³-hybridized carbons (Fsp3) is 0.880. The monoisotopic (exact) mass is 2120 g/mol. The molecule has 24 rings (SSSR count). The SMILES string of the molecule is CC1C(C)C2CC1C1C3CC(C(C(=O)OC(C)(C)C)C3C(=O)NSOOC3CCCCC3)C21.CC1C(C)C2CC1C1C3CC(C(C(=O)OC(C)(C)C)C3C(=O)OC3C(=O)C(=O)OC3(C)C)C21.CCOC(C)OC(=O)C1C2CC(C1C(=O)OC1COC(=O)C1)C1C3CC(C(C)C3C)C21.CCOCOC(=O)C1C2CC(C1C(=O)OC1CCOC1=O)C1C3CC(C(C)C3C)C21.COCOC(=O)C1C2CC(C1C(=O)O)C1C3CC(C(C)C3C)C21. The number of nitrogens with one attached hydrogen (secondary N) is 1. The van der Waals surface area contributed by atoms with Crippen molar-refractivity contribution in [2.24, 2.45) is 296 Å². The second-order valence-corrected chi connectivity index (χ2v) is 54.5. The number of carboxylic acid groups (broad SMARTS) is 1. The number of methoxy groups -OCH3 is 1. The van der Waals surface area contributed by atoms with Crippen LogP contribution in [0.5, 0.6) is 0 Å². The molecule has 21 aliphatic carbocycles. The van der Waals surface area contributed by atoms with Crippen molar-refractivity contribution in [1.82, 2.24) is 4.72 Å². The zero-order chi connectivity index (χ0) is 107. The molecular weight excluding hydrogens is 1950 g/mol. The normalized spacial score (nSPS) is 47.6. The number of Topliss-reactive ketones (excluding diaryl/α,β-unsaturated/α-hetero) is 1. The van der Waals surface area contributed by atoms with Gasteiger partial charge in [0.05, 0.1) is 78.3 Å². The number of carboxylic acids is 1. The fourth-order valence-corrected chi connectivity index (χ4v) is 40.8. The molecule has 54 atom stereocenters. The molecule has 32 nitrogen and oxygen atoms in total. The molecule has 3 heterocycles. The molecule has 21 saturated carbocycles. The van der Waals surface area contributed by atoms with Gasteiger partial charge in [-0.1, -0.05) is 88.5 Å². The van der Waals surface area contributed by atoms with E-state index in [1.54, 1.807) is 20.8 Å². The van der Waals surface area contributed by atoms with Gasteiger partial charge in [-0.25, -0.2) is 14.5 Å². The predicted molar refractivity (Wildman–Crippen MR) is 535 cm³/mol. The van der Waals surface area contributed by atoms with Crippen LogP contribution in [0.25, 0.3) is 0 Å². The topological polar surface area (TPSA) is 419 Å². The largest absolute Gasteiger partial charge is 0.481 e. The Morgan fingerprint density at radius 3 is 1.11 bits per heavy atom. The first-order valence-corrected chi connectivity index (χ1v) is 58.8. The lowest BCUT2D eigenvalue weighted by Gasteiger charge is -2.45. The number of hydrogen-bond donors (Lipinski definition) is 2. The number of ether oxygens (including phenoxy) is 14. The summed E-state index contributed by atoms with van der Waals surface area (Å²) in [5, 5.41) is 9.75. The van der Waals surface area contributed by atoms with Crippen molar-refractivity contribution in [3.05, 3.63) is 0 Å². The van der Waals surface area contributed by atoms with Crippen molar-refractivity contribution in [3.63, 3.8) is 0 Å². The van der Waals surface area contributed by atoms with Crippen LogP contribution in [0.4, 0.5) is 0 Å². The molecule has 24 aliphatic rings. The van der Waals surface area contributed by atoms with Crippen molar-refractivity contribution in [3.8, 4) is 0 Å². The number of fused-ring (bicyclic) bond motifs is 45. The van der Waals surface area contributed by atoms with Crippen molar-refractivity contribution >= 4 is 95.6 Å². The van der Waals surface area contributed by atoms with Gasteiger partial charge in [0.2, 0.25) is 18.1 Å². The smallest absolute Gasteiger partial charge is 0.379 e. The van der Waals surface area contributed by atoms with E-state index in [2.05, 4.69) is 74.0 Å². The Bertz CT molecular complexity index is 5130. The first-order valence-electron chi connectivity index (χ1n) is 58.0. The Balaban J connectivity index is 0.000000114. The highest BCUT2D eigenvalue weighted by molar-refractivity contribution is 7.93. The van der Waals surface area contributed by atoms with Crippen molar-refractivity contribution < 1.29 is 148 Å². The molecule has 0 aromatic rings. The summed E-state index contributed by atoms with van der Waals surface area (Å²) in [5.41, 5.74) is -2.43. The summed E-state index contributed by atoms with van der Waals surface area (Å²) >= 11 is 0.864. The minimum atomic E-state index is -1.29. The number of ketones is 1. The first kappa shape index (κ1) is 110. The van der Waals surface area contributed by atoms with Gasteiger partial charge in [-0.05, 0) is 390 Å². The number of hydrogen-bond acceptors (Lipinski definition) is 31. The number of aliphatic carboxylic acids is 1. The maximum absolute atomic E-state index is 13.6. The Kier molecular flexibility index (Phi) is 30.8. The minimum absolute atomic E-state index is 0.0474. The number of carbonyl (C=O) groups excluding carboxylic acids is 13. The van der Waals surface area contributed by atoms with Gasteiger partial charge in [0.1, 0.15) is 23.9 Å². The van der Waals surface area contributed by atoms with E-state index in [9.17, 15) is 72.2 Å². The van der Waals surface area contributed by atoms with Crippen LogP contribution in [0.2, 0.25) is 0 Å². The summed E-state index contributed by atoms with van der Waals surface area (Å²) in [6.45, 7) is 44.4. The predicted octanol–water partition coefficient (Wildman–Crippen LogP) is 16.0. The Hall–Kier alpha value is -7.07. The highest BCUT2D eigenvalue weighted by Gasteiger charge is 2.79. The van der Waals surface area contributed by atoms with Crippen LogP contribution < -0.4 is 4.72 Å². The number of esters is 11. The highest BCUT2D eigenvalue weighted by Crippen LogP contribution is 2.79. The minimum Gasteiger partial charge on any atom is -0.481 e. The molecule has 150 heavy (non-hydrogen) atoms. The summed E-state index contributed by atoms with van der Waals surface area (Å²) in [6.07, 6.45) is 13.4. The van der Waals surface area contributed by atoms with E-state index >= 15 is 0 Å². The van der Waals surface area contributed by atoms with Crippen LogP contribution in [-0.4, -0.2) is 183 Å². The van der Waals surface area contributed by atoms with Gasteiger partial charge in [0, 0.05) is 26.7 Å². The average molecular weight is 2120 g/mol. The Labute approximate surface area is 888 Å². The highest BCUT2D eigenvalue weighted by atomic mass is 32.2. The molecule has 20 bridgehead atoms. The van der Waals surface area contributed by atoms with Crippen LogP contribution >= 0.6 is 12.2 Å². The van der Waals surface area contributed by atoms with E-state index in [0.717, 1.165) is 70.0 Å². The third-order valence-electron chi connectivity index (χ3n) is 45.9. The van der Waals surface area contributed by atoms with E-state index in [0.29, 0.717) is 197 Å². The van der Waals surface area contributed by atoms with E-state index < -0.39 is 124 Å². The quantitative estimate of drug-likeness (QED) is 0.00819. The summed E-state index contributed by atoms with van der Waals surface area (Å²) in [4.78, 5) is 184. The van der Waals surface area contributed by atoms with Gasteiger partial charge in [0.15, 0.2) is 37.7 Å². The lowest BCUT2D eigenvalue weighted by Crippen LogP contribution is -2.50. The summed E-state index contributed by atoms with van der Waals surface area (Å²) in [7, 11) is 1.47. The Morgan fingerprint density at radius 1 is 0.413 bits per heavy atom. The first-order chi connectivity index (χ1) is 71.1. The molecule has 0 spiro atoms. The molecule has 2 N–H and O–H groups in total. The van der Waals surface area contributed by atoms with Crippen LogP contribution in [-0.2, 0) is 143 Å². The molecule has 33 heteroatoms. The number of carbonyl (C=O) groups is 14. The zero-order valence-corrected chi connectivity index (χ0v) is 92.9. The van der Waals surface area contributed by atoms with Gasteiger partial charge in [-0.3, -0.25) is 62.3 Å². The van der Waals surface area contributed by atoms with E-state index in [-0.39, 0.29) is 158 Å². The molecule has 3 saturated heterocycles. The van der Waals surface area contributed by atoms with Gasteiger partial charge in [-0.2, -0.15) is 0 Å². The number of rotatable bonds is 25. The van der Waals surface area contributed by atoms with E-state index in [1.165, 1.54) is 45.6 Å². The molecule has 3 aliphatic heterocycles. The Morgan fingerprint density at radius 2 is 0.760 bits per heavy atom. The van der Waals surface area contributed by atoms with Crippen molar-refractivity contribution in [2.45, 2.75) is 302 Å². The van der Waals surface area contributed by atoms with E-state index in [4.69, 9.17) is 75.5 Å². The molecule has 1 amide bonds. The zero-order valence-electron chi connectivity index (χ0n) is 92.1. The molecule has 0 aromatic heterocycles. The second kappa shape index (κ2) is 42.0. The number of cyclic esters (lactones) is 3. The van der Waals surface area contributed by atoms with Gasteiger partial charge >= 0.3 is 71.6 Å². The standard InChI is InChI=1S/C26H41NO5S.C26H36O7.C24H34O7.C23H32O7.C18H26O5/c1-13-14(2)17-11-16(13)20-18-12-19(21(17)20)23(25(29)30-26(3,4)5)22(18)24(28)27-33-32-31-15-9-7-6-8-10-15;1-10-11(2)13-8-12(10)16-14-9-15(17(13)16)19(23(29)32-25(3,4)5)18(14)22(28)31-21-20(27)24(30)33-26(21,6)7;1-5-28-12(4)30-23(26)21-16-8-17(20-15-7-14(19(16)20)10(2)11(15)3)22(21)24(27)31-13-6-18(25)29-9-13;1-4-27-9-29-22(25)19-14-8-15(18-13-7-12(17(14)18)10(2)11(13)3)20(19)23(26)30-16-5-6-28-21(16)24;1-7-8(2)10-4-9(7)13-11-5-12(14(10)13)16(15(11)17(19)20)18(21)23-6-22-3/h13-23H,6-12H2,1-5H3,(H,27,28);10-19,21H,8-9H2,1-7H3;10-17,19-22H,5-9H2,1-4H3;10-20H,4-9H2,1-3H3;7-16H,4-6H2,1-3H3,(H,19,20).